The first-order valence-corrected chi connectivity index (χ1v) is 9.00. The van der Waals surface area contributed by atoms with E-state index in [2.05, 4.69) is 25.7 Å². The summed E-state index contributed by atoms with van der Waals surface area (Å²) < 4.78 is 0. The Morgan fingerprint density at radius 1 is 0.905 bits per heavy atom. The van der Waals surface area contributed by atoms with Crippen molar-refractivity contribution in [3.63, 3.8) is 0 Å². The molecule has 1 nitrogen and oxygen atoms in total. The third-order valence-corrected chi connectivity index (χ3v) is 4.08. The van der Waals surface area contributed by atoms with Crippen LogP contribution in [0.25, 0.3) is 0 Å². The lowest BCUT2D eigenvalue weighted by Crippen LogP contribution is -2.06. The molecule has 0 radical (unpaired) electrons. The molecule has 0 saturated carbocycles. The summed E-state index contributed by atoms with van der Waals surface area (Å²) in [6.07, 6.45) is 21.8. The molecule has 21 heavy (non-hydrogen) atoms. The molecule has 0 rings (SSSR count). The Hall–Kier alpha value is -0.850. The molecule has 0 N–H and O–H groups in total. The van der Waals surface area contributed by atoms with Gasteiger partial charge in [-0.25, -0.2) is 0 Å². The quantitative estimate of drug-likeness (QED) is 0.244. The van der Waals surface area contributed by atoms with Gasteiger partial charge in [0.1, 0.15) is 5.78 Å². The predicted molar refractivity (Wildman–Crippen MR) is 94.6 cm³/mol. The number of hydrogen-bond donors (Lipinski definition) is 0. The van der Waals surface area contributed by atoms with Crippen LogP contribution in [0.2, 0.25) is 0 Å². The van der Waals surface area contributed by atoms with Gasteiger partial charge in [-0.3, -0.25) is 4.79 Å². The van der Waals surface area contributed by atoms with Crippen LogP contribution in [0, 0.1) is 5.92 Å². The van der Waals surface area contributed by atoms with Gasteiger partial charge in [0.25, 0.3) is 0 Å². The summed E-state index contributed by atoms with van der Waals surface area (Å²) in [6.45, 7) is 7.66. The summed E-state index contributed by atoms with van der Waals surface area (Å²) in [5, 5.41) is 0. The average molecular weight is 293 g/mol. The van der Waals surface area contributed by atoms with Crippen LogP contribution in [0.15, 0.2) is 24.8 Å². The second-order valence-corrected chi connectivity index (χ2v) is 6.12. The highest BCUT2D eigenvalue weighted by molar-refractivity contribution is 5.79. The van der Waals surface area contributed by atoms with Crippen LogP contribution in [0.4, 0.5) is 0 Å². The first kappa shape index (κ1) is 20.1. The first-order chi connectivity index (χ1) is 10.2. The van der Waals surface area contributed by atoms with E-state index >= 15 is 0 Å². The molecule has 0 spiro atoms. The number of hydrogen-bond acceptors (Lipinski definition) is 1. The number of carbonyl (C=O) groups excluding carboxylic acids is 1. The minimum Gasteiger partial charge on any atom is -0.299 e. The summed E-state index contributed by atoms with van der Waals surface area (Å²) in [4.78, 5) is 11.2. The monoisotopic (exact) mass is 292 g/mol. The summed E-state index contributed by atoms with van der Waals surface area (Å²) in [5.41, 5.74) is 0. The van der Waals surface area contributed by atoms with Crippen LogP contribution in [0.1, 0.15) is 90.9 Å². The number of rotatable bonds is 15. The lowest BCUT2D eigenvalue weighted by atomic mass is 9.97. The highest BCUT2D eigenvalue weighted by Crippen LogP contribution is 2.13. The van der Waals surface area contributed by atoms with E-state index in [-0.39, 0.29) is 11.7 Å². The maximum atomic E-state index is 11.2. The third kappa shape index (κ3) is 13.9. The molecule has 0 aliphatic rings. The van der Waals surface area contributed by atoms with E-state index in [4.69, 9.17) is 0 Å². The number of unbranched alkanes of at least 4 members (excludes halogenated alkanes) is 9. The summed E-state index contributed by atoms with van der Waals surface area (Å²) in [6, 6.07) is 0. The molecule has 0 aliphatic carbocycles. The molecule has 122 valence electrons. The van der Waals surface area contributed by atoms with Gasteiger partial charge in [-0.2, -0.15) is 0 Å². The van der Waals surface area contributed by atoms with E-state index in [0.717, 1.165) is 12.8 Å². The van der Waals surface area contributed by atoms with Gasteiger partial charge < -0.3 is 0 Å². The molecule has 0 amide bonds. The summed E-state index contributed by atoms with van der Waals surface area (Å²) >= 11 is 0. The van der Waals surface area contributed by atoms with Crippen LogP contribution in [0.3, 0.4) is 0 Å². The normalized spacial score (nSPS) is 12.7. The van der Waals surface area contributed by atoms with Crippen molar-refractivity contribution in [1.29, 1.82) is 0 Å². The molecule has 0 bridgehead atoms. The van der Waals surface area contributed by atoms with Crippen molar-refractivity contribution >= 4 is 5.78 Å². The molecule has 0 aromatic carbocycles. The fraction of sp³-hybridized carbons (Fsp3) is 0.750. The van der Waals surface area contributed by atoms with Gasteiger partial charge in [-0.05, 0) is 39.0 Å². The largest absolute Gasteiger partial charge is 0.299 e. The van der Waals surface area contributed by atoms with Crippen LogP contribution in [-0.2, 0) is 4.79 Å². The topological polar surface area (TPSA) is 17.1 Å². The third-order valence-electron chi connectivity index (χ3n) is 4.08. The van der Waals surface area contributed by atoms with Gasteiger partial charge in [-0.1, -0.05) is 70.1 Å². The highest BCUT2D eigenvalue weighted by atomic mass is 16.1. The van der Waals surface area contributed by atoms with E-state index in [0.29, 0.717) is 0 Å². The van der Waals surface area contributed by atoms with Gasteiger partial charge in [0.05, 0.1) is 0 Å². The van der Waals surface area contributed by atoms with Gasteiger partial charge in [-0.15, -0.1) is 6.58 Å². The molecule has 0 heterocycles. The number of allylic oxidation sites excluding steroid dienone is 3. The second kappa shape index (κ2) is 15.5. The lowest BCUT2D eigenvalue weighted by Gasteiger charge is -2.07. The summed E-state index contributed by atoms with van der Waals surface area (Å²) in [5.74, 6) is 0.331. The Morgan fingerprint density at radius 3 is 1.95 bits per heavy atom. The Bertz CT molecular complexity index is 278. The van der Waals surface area contributed by atoms with Crippen LogP contribution in [0.5, 0.6) is 0 Å². The maximum Gasteiger partial charge on any atom is 0.136 e. The molecule has 1 unspecified atom stereocenters. The molecule has 1 heteroatoms. The molecule has 0 aliphatic heterocycles. The Balaban J connectivity index is 3.29. The Kier molecular flexibility index (Phi) is 14.9. The van der Waals surface area contributed by atoms with E-state index in [9.17, 15) is 4.79 Å². The SMILES string of the molecule is C=CC(CCCCCC=CCCCCCCCC)C(C)=O. The van der Waals surface area contributed by atoms with Gasteiger partial charge in [0, 0.05) is 5.92 Å². The van der Waals surface area contributed by atoms with Crippen LogP contribution >= 0.6 is 0 Å². The lowest BCUT2D eigenvalue weighted by molar-refractivity contribution is -0.119. The van der Waals surface area contributed by atoms with Crippen molar-refractivity contribution in [2.75, 3.05) is 0 Å². The minimum atomic E-state index is 0.0771. The molecule has 0 aromatic heterocycles. The molecule has 1 atom stereocenters. The Morgan fingerprint density at radius 2 is 1.43 bits per heavy atom. The van der Waals surface area contributed by atoms with E-state index < -0.39 is 0 Å². The van der Waals surface area contributed by atoms with Gasteiger partial charge >= 0.3 is 0 Å². The smallest absolute Gasteiger partial charge is 0.136 e. The average Bonchev–Trinajstić information content (AvgIpc) is 2.47. The Labute approximate surface area is 132 Å². The molecule has 0 saturated heterocycles. The van der Waals surface area contributed by atoms with Gasteiger partial charge in [0.2, 0.25) is 0 Å². The minimum absolute atomic E-state index is 0.0771. The van der Waals surface area contributed by atoms with Crippen molar-refractivity contribution in [2.45, 2.75) is 90.9 Å². The van der Waals surface area contributed by atoms with E-state index in [1.54, 1.807) is 13.0 Å². The fourth-order valence-corrected chi connectivity index (χ4v) is 2.57. The van der Waals surface area contributed by atoms with E-state index in [1.807, 2.05) is 0 Å². The first-order valence-electron chi connectivity index (χ1n) is 9.00. The summed E-state index contributed by atoms with van der Waals surface area (Å²) in [7, 11) is 0. The molecular weight excluding hydrogens is 256 g/mol. The zero-order valence-electron chi connectivity index (χ0n) is 14.4. The molecular formula is C20H36O. The van der Waals surface area contributed by atoms with Crippen molar-refractivity contribution in [1.82, 2.24) is 0 Å². The molecule has 0 fully saturated rings. The van der Waals surface area contributed by atoms with Crippen LogP contribution < -0.4 is 0 Å². The maximum absolute atomic E-state index is 11.2. The zero-order chi connectivity index (χ0) is 15.8. The van der Waals surface area contributed by atoms with Crippen molar-refractivity contribution < 1.29 is 4.79 Å². The number of ketones is 1. The van der Waals surface area contributed by atoms with Crippen molar-refractivity contribution in [3.8, 4) is 0 Å². The number of Topliss-reactive ketones (excluding diaryl/α,β-unsaturated/α-hetero) is 1. The van der Waals surface area contributed by atoms with Gasteiger partial charge in [0.15, 0.2) is 0 Å². The highest BCUT2D eigenvalue weighted by Gasteiger charge is 2.08. The molecule has 0 aromatic rings. The zero-order valence-corrected chi connectivity index (χ0v) is 14.4. The fourth-order valence-electron chi connectivity index (χ4n) is 2.57. The standard InChI is InChI=1S/C20H36O/c1-4-6-7-8-9-10-11-12-13-14-15-16-17-18-20(5-2)19(3)21/h5,12-13,20H,2,4,6-11,14-18H2,1,3H3. The number of carbonyl (C=O) groups is 1. The van der Waals surface area contributed by atoms with Crippen molar-refractivity contribution in [2.24, 2.45) is 5.92 Å². The van der Waals surface area contributed by atoms with Crippen LogP contribution in [-0.4, -0.2) is 5.78 Å². The van der Waals surface area contributed by atoms with Crippen molar-refractivity contribution in [3.05, 3.63) is 24.8 Å². The van der Waals surface area contributed by atoms with E-state index in [1.165, 1.54) is 64.2 Å². The second-order valence-electron chi connectivity index (χ2n) is 6.12. The predicted octanol–water partition coefficient (Wildman–Crippen LogP) is 6.63.